The topological polar surface area (TPSA) is 86.4 Å². The summed E-state index contributed by atoms with van der Waals surface area (Å²) in [4.78, 5) is 20.4. The van der Waals surface area contributed by atoms with Gasteiger partial charge in [0.25, 0.3) is 5.91 Å². The minimum Gasteiger partial charge on any atom is -0.384 e. The van der Waals surface area contributed by atoms with Gasteiger partial charge in [-0.15, -0.1) is 0 Å². The van der Waals surface area contributed by atoms with Gasteiger partial charge in [-0.2, -0.15) is 10.5 Å². The van der Waals surface area contributed by atoms with Gasteiger partial charge in [-0.25, -0.2) is 0 Å². The van der Waals surface area contributed by atoms with E-state index < -0.39 is 0 Å². The summed E-state index contributed by atoms with van der Waals surface area (Å²) >= 11 is 0. The Kier molecular flexibility index (Phi) is 11.6. The number of benzene rings is 3. The molecule has 0 bridgehead atoms. The van der Waals surface area contributed by atoms with Crippen molar-refractivity contribution in [1.82, 2.24) is 9.80 Å². The lowest BCUT2D eigenvalue weighted by Crippen LogP contribution is -2.42. The van der Waals surface area contributed by atoms with Crippen molar-refractivity contribution in [2.24, 2.45) is 0 Å². The first-order chi connectivity index (χ1) is 24.5. The quantitative estimate of drug-likeness (QED) is 0.221. The van der Waals surface area contributed by atoms with Crippen molar-refractivity contribution in [1.29, 1.82) is 10.5 Å². The third kappa shape index (κ3) is 7.05. The summed E-state index contributed by atoms with van der Waals surface area (Å²) in [6.07, 6.45) is 8.94. The Morgan fingerprint density at radius 2 is 1.28 bits per heavy atom. The second kappa shape index (κ2) is 16.2. The van der Waals surface area contributed by atoms with Crippen LogP contribution in [0.15, 0.2) is 54.6 Å². The zero-order valence-corrected chi connectivity index (χ0v) is 30.5. The molecule has 7 rings (SSSR count). The molecule has 0 saturated carbocycles. The van der Waals surface area contributed by atoms with Crippen molar-refractivity contribution in [3.8, 4) is 12.1 Å². The Labute approximate surface area is 299 Å². The molecule has 7 heteroatoms. The largest absolute Gasteiger partial charge is 0.384 e. The Morgan fingerprint density at radius 1 is 0.740 bits per heavy atom. The molecule has 0 saturated heterocycles. The number of nitrogens with one attached hydrogen (secondary N) is 1. The van der Waals surface area contributed by atoms with Crippen LogP contribution < -0.4 is 10.2 Å². The second-order valence-electron chi connectivity index (χ2n) is 14.6. The first-order valence-corrected chi connectivity index (χ1v) is 19.2. The summed E-state index contributed by atoms with van der Waals surface area (Å²) in [7, 11) is 0. The maximum absolute atomic E-state index is 13.2. The predicted octanol–water partition coefficient (Wildman–Crippen LogP) is 8.24. The molecule has 2 aliphatic carbocycles. The van der Waals surface area contributed by atoms with E-state index in [-0.39, 0.29) is 5.91 Å². The number of amides is 1. The number of carbonyl (C=O) groups excluding carboxylic acids is 1. The van der Waals surface area contributed by atoms with Gasteiger partial charge < -0.3 is 20.0 Å². The molecule has 4 aliphatic rings. The molecule has 0 unspecified atom stereocenters. The van der Waals surface area contributed by atoms with Crippen molar-refractivity contribution >= 4 is 17.3 Å². The lowest BCUT2D eigenvalue weighted by atomic mass is 9.78. The highest BCUT2D eigenvalue weighted by molar-refractivity contribution is 6.07. The average Bonchev–Trinajstić information content (AvgIpc) is 3.74. The van der Waals surface area contributed by atoms with Crippen LogP contribution in [0.1, 0.15) is 122 Å². The monoisotopic (exact) mass is 670 g/mol. The standard InChI is InChI=1S/C25H29N3O.C18H25N3/c1-3-12-27(13-4-2)21-14-20-17-28(25(29)18-8-6-5-7-9-18)23-11-10-19(16-26)22(15-21)24(20)23;1-3-7-21(8-4-2)15-9-14-12-20-17-6-5-13(11-19)16(10-15)18(14)17/h5-11,20-21H,3-4,12-15,17H2,1-2H3;5-6,14-15,20H,3-4,7-10,12H2,1-2H3/t20-,21-;14-,15-/m00/s1. The molecule has 3 aromatic carbocycles. The van der Waals surface area contributed by atoms with E-state index in [2.05, 4.69) is 61.0 Å². The zero-order valence-electron chi connectivity index (χ0n) is 30.5. The molecule has 1 N–H and O–H groups in total. The van der Waals surface area contributed by atoms with Gasteiger partial charge in [0.1, 0.15) is 0 Å². The van der Waals surface area contributed by atoms with Crippen molar-refractivity contribution in [2.75, 3.05) is 49.5 Å². The number of carbonyl (C=O) groups is 1. The van der Waals surface area contributed by atoms with Gasteiger partial charge in [0.2, 0.25) is 0 Å². The van der Waals surface area contributed by atoms with E-state index in [1.807, 2.05) is 53.4 Å². The van der Waals surface area contributed by atoms with E-state index in [1.54, 1.807) is 0 Å². The van der Waals surface area contributed by atoms with Crippen LogP contribution in [0.4, 0.5) is 11.4 Å². The van der Waals surface area contributed by atoms with Crippen molar-refractivity contribution in [3.05, 3.63) is 93.5 Å². The number of anilines is 2. The summed E-state index contributed by atoms with van der Waals surface area (Å²) in [6, 6.07) is 23.4. The zero-order chi connectivity index (χ0) is 35.2. The van der Waals surface area contributed by atoms with E-state index in [1.165, 1.54) is 60.3 Å². The molecular weight excluding hydrogens is 617 g/mol. The molecule has 2 heterocycles. The maximum atomic E-state index is 13.2. The van der Waals surface area contributed by atoms with E-state index >= 15 is 0 Å². The molecule has 4 atom stereocenters. The summed E-state index contributed by atoms with van der Waals surface area (Å²) in [5.41, 5.74) is 9.85. The minimum atomic E-state index is 0.0578. The van der Waals surface area contributed by atoms with Gasteiger partial charge in [-0.3, -0.25) is 4.79 Å². The average molecular weight is 671 g/mol. The first-order valence-electron chi connectivity index (χ1n) is 19.2. The van der Waals surface area contributed by atoms with Gasteiger partial charge in [-0.05, 0) is 136 Å². The van der Waals surface area contributed by atoms with E-state index in [0.717, 1.165) is 74.1 Å². The molecule has 7 nitrogen and oxygen atoms in total. The van der Waals surface area contributed by atoms with Gasteiger partial charge in [0, 0.05) is 53.9 Å². The number of hydrogen-bond donors (Lipinski definition) is 1. The Hall–Kier alpha value is -4.17. The van der Waals surface area contributed by atoms with Gasteiger partial charge in [-0.1, -0.05) is 45.9 Å². The highest BCUT2D eigenvalue weighted by Crippen LogP contribution is 2.47. The Bertz CT molecular complexity index is 1730. The van der Waals surface area contributed by atoms with Gasteiger partial charge in [0.15, 0.2) is 0 Å². The smallest absolute Gasteiger partial charge is 0.258 e. The van der Waals surface area contributed by atoms with Crippen LogP contribution in [0, 0.1) is 22.7 Å². The SMILES string of the molecule is CCCN(CCC)[C@@H]1Cc2c(C#N)ccc3c2[C@@H](C1)CN3C(=O)c1ccccc1.CCCN(CCC)[C@@H]1Cc2c(C#N)ccc3c2[C@H](CN3)C1. The van der Waals surface area contributed by atoms with Crippen LogP contribution in [-0.2, 0) is 12.8 Å². The van der Waals surface area contributed by atoms with E-state index in [0.29, 0.717) is 30.5 Å². The van der Waals surface area contributed by atoms with Crippen molar-refractivity contribution < 1.29 is 4.79 Å². The third-order valence-electron chi connectivity index (χ3n) is 11.3. The van der Waals surface area contributed by atoms with Gasteiger partial charge in [0.05, 0.1) is 23.3 Å². The minimum absolute atomic E-state index is 0.0578. The fraction of sp³-hybridized carbons (Fsp3) is 0.512. The highest BCUT2D eigenvalue weighted by Gasteiger charge is 2.41. The fourth-order valence-corrected chi connectivity index (χ4v) is 9.30. The number of hydrogen-bond acceptors (Lipinski definition) is 6. The van der Waals surface area contributed by atoms with Crippen LogP contribution in [0.25, 0.3) is 0 Å². The normalized spacial score (nSPS) is 21.1. The lowest BCUT2D eigenvalue weighted by Gasteiger charge is -2.37. The summed E-state index contributed by atoms with van der Waals surface area (Å²) in [5.74, 6) is 0.969. The number of rotatable bonds is 11. The number of nitrogens with zero attached hydrogens (tertiary/aromatic N) is 5. The van der Waals surface area contributed by atoms with Crippen molar-refractivity contribution in [2.45, 2.75) is 103 Å². The molecule has 0 fully saturated rings. The summed E-state index contributed by atoms with van der Waals surface area (Å²) < 4.78 is 0. The van der Waals surface area contributed by atoms with Crippen LogP contribution in [-0.4, -0.2) is 67.1 Å². The third-order valence-corrected chi connectivity index (χ3v) is 11.3. The number of nitriles is 2. The van der Waals surface area contributed by atoms with Crippen molar-refractivity contribution in [3.63, 3.8) is 0 Å². The molecule has 50 heavy (non-hydrogen) atoms. The highest BCUT2D eigenvalue weighted by atomic mass is 16.2. The predicted molar refractivity (Wildman–Crippen MR) is 203 cm³/mol. The molecule has 3 aromatic rings. The maximum Gasteiger partial charge on any atom is 0.258 e. The molecule has 1 amide bonds. The second-order valence-corrected chi connectivity index (χ2v) is 14.6. The molecular formula is C43H54N6O. The van der Waals surface area contributed by atoms with E-state index in [4.69, 9.17) is 0 Å². The van der Waals surface area contributed by atoms with Crippen LogP contribution in [0.2, 0.25) is 0 Å². The molecule has 262 valence electrons. The van der Waals surface area contributed by atoms with Crippen LogP contribution in [0.5, 0.6) is 0 Å². The Morgan fingerprint density at radius 3 is 1.84 bits per heavy atom. The molecule has 2 aliphatic heterocycles. The van der Waals surface area contributed by atoms with Crippen LogP contribution >= 0.6 is 0 Å². The van der Waals surface area contributed by atoms with E-state index in [9.17, 15) is 15.3 Å². The molecule has 0 radical (unpaired) electrons. The van der Waals surface area contributed by atoms with Gasteiger partial charge >= 0.3 is 0 Å². The lowest BCUT2D eigenvalue weighted by molar-refractivity contribution is 0.0986. The molecule has 0 aromatic heterocycles. The summed E-state index contributed by atoms with van der Waals surface area (Å²) in [6.45, 7) is 15.3. The first kappa shape index (κ1) is 35.6. The summed E-state index contributed by atoms with van der Waals surface area (Å²) in [5, 5.41) is 22.7. The fourth-order valence-electron chi connectivity index (χ4n) is 9.30. The van der Waals surface area contributed by atoms with Crippen LogP contribution in [0.3, 0.4) is 0 Å². The Balaban J connectivity index is 0.000000182. The molecule has 0 spiro atoms.